The van der Waals surface area contributed by atoms with E-state index in [0.717, 1.165) is 18.8 Å². The normalized spacial score (nSPS) is 33.9. The van der Waals surface area contributed by atoms with E-state index >= 15 is 0 Å². The average Bonchev–Trinajstić information content (AvgIpc) is 2.49. The highest BCUT2D eigenvalue weighted by Gasteiger charge is 2.42. The molecule has 0 radical (unpaired) electrons. The van der Waals surface area contributed by atoms with E-state index in [4.69, 9.17) is 5.11 Å². The van der Waals surface area contributed by atoms with Gasteiger partial charge in [0.25, 0.3) is 0 Å². The standard InChI is InChI=1S/C15H27NO2/c1-10(2)6-11(3)16-13-4-5-14(16)8-12(7-13)9-15(17)18/h10-14H,4-9H2,1-3H3,(H,17,18). The van der Waals surface area contributed by atoms with E-state index in [9.17, 15) is 4.79 Å². The molecule has 3 unspecified atom stereocenters. The van der Waals surface area contributed by atoms with Crippen molar-refractivity contribution in [3.05, 3.63) is 0 Å². The number of carboxylic acids is 1. The summed E-state index contributed by atoms with van der Waals surface area (Å²) in [5.74, 6) is 0.543. The lowest BCUT2D eigenvalue weighted by Crippen LogP contribution is -2.48. The smallest absolute Gasteiger partial charge is 0.303 e. The van der Waals surface area contributed by atoms with Gasteiger partial charge in [0.05, 0.1) is 0 Å². The molecule has 3 heteroatoms. The Kier molecular flexibility index (Phi) is 4.31. The second-order valence-electron chi connectivity index (χ2n) is 6.75. The monoisotopic (exact) mass is 253 g/mol. The summed E-state index contributed by atoms with van der Waals surface area (Å²) in [4.78, 5) is 13.6. The molecule has 0 spiro atoms. The van der Waals surface area contributed by atoms with E-state index in [2.05, 4.69) is 25.7 Å². The molecule has 104 valence electrons. The Morgan fingerprint density at radius 3 is 2.22 bits per heavy atom. The van der Waals surface area contributed by atoms with Crippen LogP contribution in [0.5, 0.6) is 0 Å². The zero-order valence-corrected chi connectivity index (χ0v) is 11.9. The third-order valence-electron chi connectivity index (χ3n) is 4.67. The van der Waals surface area contributed by atoms with Crippen molar-refractivity contribution >= 4 is 5.97 Å². The van der Waals surface area contributed by atoms with E-state index in [-0.39, 0.29) is 0 Å². The second kappa shape index (κ2) is 5.60. The topological polar surface area (TPSA) is 40.5 Å². The number of rotatable bonds is 5. The lowest BCUT2D eigenvalue weighted by Gasteiger charge is -2.42. The van der Waals surface area contributed by atoms with Gasteiger partial charge in [-0.25, -0.2) is 0 Å². The SMILES string of the molecule is CC(C)CC(C)N1C2CCC1CC(CC(=O)O)C2. The highest BCUT2D eigenvalue weighted by atomic mass is 16.4. The van der Waals surface area contributed by atoms with E-state index < -0.39 is 5.97 Å². The summed E-state index contributed by atoms with van der Waals surface area (Å²) in [5, 5.41) is 8.94. The van der Waals surface area contributed by atoms with Crippen molar-refractivity contribution in [1.29, 1.82) is 0 Å². The summed E-state index contributed by atoms with van der Waals surface area (Å²) in [5.41, 5.74) is 0. The van der Waals surface area contributed by atoms with Gasteiger partial charge in [-0.1, -0.05) is 13.8 Å². The first-order valence-corrected chi connectivity index (χ1v) is 7.46. The minimum atomic E-state index is -0.622. The number of hydrogen-bond donors (Lipinski definition) is 1. The van der Waals surface area contributed by atoms with Crippen LogP contribution in [0.1, 0.15) is 59.3 Å². The molecular weight excluding hydrogens is 226 g/mol. The van der Waals surface area contributed by atoms with Crippen LogP contribution in [0.15, 0.2) is 0 Å². The molecule has 3 atom stereocenters. The largest absolute Gasteiger partial charge is 0.481 e. The summed E-state index contributed by atoms with van der Waals surface area (Å²) in [6.07, 6.45) is 6.40. The molecule has 2 bridgehead atoms. The van der Waals surface area contributed by atoms with Crippen molar-refractivity contribution in [2.75, 3.05) is 0 Å². The molecule has 0 saturated carbocycles. The number of fused-ring (bicyclic) bond motifs is 2. The van der Waals surface area contributed by atoms with Gasteiger partial charge < -0.3 is 5.11 Å². The van der Waals surface area contributed by atoms with Gasteiger partial charge >= 0.3 is 5.97 Å². The van der Waals surface area contributed by atoms with E-state index in [1.165, 1.54) is 19.3 Å². The van der Waals surface area contributed by atoms with Crippen LogP contribution in [-0.4, -0.2) is 34.1 Å². The van der Waals surface area contributed by atoms with Crippen LogP contribution in [0.25, 0.3) is 0 Å². The van der Waals surface area contributed by atoms with Crippen molar-refractivity contribution in [2.45, 2.75) is 77.4 Å². The van der Waals surface area contributed by atoms with Crippen LogP contribution >= 0.6 is 0 Å². The first-order chi connectivity index (χ1) is 8.47. The average molecular weight is 253 g/mol. The number of carboxylic acid groups (broad SMARTS) is 1. The van der Waals surface area contributed by atoms with Gasteiger partial charge in [0.1, 0.15) is 0 Å². The van der Waals surface area contributed by atoms with Crippen molar-refractivity contribution in [1.82, 2.24) is 4.90 Å². The summed E-state index contributed by atoms with van der Waals surface area (Å²) in [7, 11) is 0. The summed E-state index contributed by atoms with van der Waals surface area (Å²) in [6.45, 7) is 6.92. The van der Waals surface area contributed by atoms with Gasteiger partial charge in [0.15, 0.2) is 0 Å². The van der Waals surface area contributed by atoms with Crippen LogP contribution in [0, 0.1) is 11.8 Å². The van der Waals surface area contributed by atoms with Crippen LogP contribution < -0.4 is 0 Å². The van der Waals surface area contributed by atoms with Gasteiger partial charge in [-0.15, -0.1) is 0 Å². The Bertz CT molecular complexity index is 289. The molecule has 2 rings (SSSR count). The lowest BCUT2D eigenvalue weighted by atomic mass is 9.86. The molecule has 18 heavy (non-hydrogen) atoms. The van der Waals surface area contributed by atoms with Gasteiger partial charge in [0, 0.05) is 24.5 Å². The predicted octanol–water partition coefficient (Wildman–Crippen LogP) is 3.14. The number of aliphatic carboxylic acids is 1. The van der Waals surface area contributed by atoms with Gasteiger partial charge in [-0.05, 0) is 50.9 Å². The fourth-order valence-electron chi connectivity index (χ4n) is 4.26. The molecule has 0 aliphatic carbocycles. The molecule has 2 fully saturated rings. The molecule has 0 aromatic heterocycles. The van der Waals surface area contributed by atoms with Crippen LogP contribution in [-0.2, 0) is 4.79 Å². The van der Waals surface area contributed by atoms with E-state index in [1.807, 2.05) is 0 Å². The molecule has 0 aromatic carbocycles. The Morgan fingerprint density at radius 1 is 1.22 bits per heavy atom. The molecule has 1 N–H and O–H groups in total. The minimum Gasteiger partial charge on any atom is -0.481 e. The molecule has 0 amide bonds. The number of carbonyl (C=O) groups is 1. The van der Waals surface area contributed by atoms with Crippen molar-refractivity contribution in [3.8, 4) is 0 Å². The second-order valence-corrected chi connectivity index (χ2v) is 6.75. The summed E-state index contributed by atoms with van der Waals surface area (Å²) < 4.78 is 0. The molecule has 2 aliphatic rings. The van der Waals surface area contributed by atoms with E-state index in [0.29, 0.717) is 30.5 Å². The van der Waals surface area contributed by atoms with Crippen molar-refractivity contribution < 1.29 is 9.90 Å². The molecule has 3 nitrogen and oxygen atoms in total. The van der Waals surface area contributed by atoms with Gasteiger partial charge in [-0.3, -0.25) is 9.69 Å². The van der Waals surface area contributed by atoms with Crippen molar-refractivity contribution in [3.63, 3.8) is 0 Å². The number of hydrogen-bond acceptors (Lipinski definition) is 2. The maximum Gasteiger partial charge on any atom is 0.303 e. The fraction of sp³-hybridized carbons (Fsp3) is 0.933. The third-order valence-corrected chi connectivity index (χ3v) is 4.67. The summed E-state index contributed by atoms with van der Waals surface area (Å²) in [6, 6.07) is 1.97. The zero-order chi connectivity index (χ0) is 13.3. The van der Waals surface area contributed by atoms with Crippen LogP contribution in [0.4, 0.5) is 0 Å². The zero-order valence-electron chi connectivity index (χ0n) is 11.9. The number of nitrogens with zero attached hydrogens (tertiary/aromatic N) is 1. The van der Waals surface area contributed by atoms with Crippen LogP contribution in [0.3, 0.4) is 0 Å². The molecule has 2 saturated heterocycles. The highest BCUT2D eigenvalue weighted by Crippen LogP contribution is 2.41. The van der Waals surface area contributed by atoms with Gasteiger partial charge in [-0.2, -0.15) is 0 Å². The molecular formula is C15H27NO2. The predicted molar refractivity (Wildman–Crippen MR) is 72.5 cm³/mol. The van der Waals surface area contributed by atoms with Gasteiger partial charge in [0.2, 0.25) is 0 Å². The first-order valence-electron chi connectivity index (χ1n) is 7.46. The fourth-order valence-corrected chi connectivity index (χ4v) is 4.26. The molecule has 0 aromatic rings. The Morgan fingerprint density at radius 2 is 1.78 bits per heavy atom. The first kappa shape index (κ1) is 13.9. The summed E-state index contributed by atoms with van der Waals surface area (Å²) >= 11 is 0. The van der Waals surface area contributed by atoms with Crippen molar-refractivity contribution in [2.24, 2.45) is 11.8 Å². The minimum absolute atomic E-state index is 0.374. The Hall–Kier alpha value is -0.570. The number of piperidine rings is 1. The lowest BCUT2D eigenvalue weighted by molar-refractivity contribution is -0.138. The quantitative estimate of drug-likeness (QED) is 0.818. The highest BCUT2D eigenvalue weighted by molar-refractivity contribution is 5.67. The van der Waals surface area contributed by atoms with E-state index in [1.54, 1.807) is 0 Å². The maximum atomic E-state index is 10.8. The third kappa shape index (κ3) is 3.05. The maximum absolute atomic E-state index is 10.8. The molecule has 2 aliphatic heterocycles. The van der Waals surface area contributed by atoms with Crippen LogP contribution in [0.2, 0.25) is 0 Å². The Balaban J connectivity index is 1.95. The molecule has 2 heterocycles. The Labute approximate surface area is 111 Å².